The number of amides is 5. The van der Waals surface area contributed by atoms with Gasteiger partial charge in [0.25, 0.3) is 0 Å². The van der Waals surface area contributed by atoms with Crippen LogP contribution >= 0.6 is 22.7 Å². The van der Waals surface area contributed by atoms with E-state index in [4.69, 9.17) is 9.47 Å². The molecule has 3 heterocycles. The number of ether oxygens (including phenoxy) is 2. The molecule has 5 amide bonds. The maximum absolute atomic E-state index is 14.3. The van der Waals surface area contributed by atoms with Gasteiger partial charge in [-0.3, -0.25) is 19.5 Å². The molecule has 0 saturated carbocycles. The number of nitrogens with zero attached hydrogens (tertiary/aromatic N) is 4. The Hall–Kier alpha value is -4.90. The van der Waals surface area contributed by atoms with Gasteiger partial charge in [0.05, 0.1) is 47.4 Å². The summed E-state index contributed by atoms with van der Waals surface area (Å²) in [5.74, 6) is -0.239. The predicted octanol–water partition coefficient (Wildman–Crippen LogP) is 5.12. The van der Waals surface area contributed by atoms with Gasteiger partial charge < -0.3 is 35.6 Å². The molecule has 0 unspecified atom stereocenters. The molecule has 312 valence electrons. The molecule has 4 N–H and O–H groups in total. The second-order valence-corrected chi connectivity index (χ2v) is 16.6. The zero-order valence-electron chi connectivity index (χ0n) is 33.6. The van der Waals surface area contributed by atoms with Crippen LogP contribution < -0.4 is 21.3 Å². The lowest BCUT2D eigenvalue weighted by Gasteiger charge is -2.27. The van der Waals surface area contributed by atoms with Gasteiger partial charge in [-0.1, -0.05) is 74.5 Å². The molecule has 0 bridgehead atoms. The summed E-state index contributed by atoms with van der Waals surface area (Å²) in [6.45, 7) is 7.49. The third-order valence-corrected chi connectivity index (χ3v) is 11.6. The summed E-state index contributed by atoms with van der Waals surface area (Å²) in [7, 11) is 1.67. The van der Waals surface area contributed by atoms with Crippen molar-refractivity contribution in [1.29, 1.82) is 0 Å². The van der Waals surface area contributed by atoms with E-state index in [1.165, 1.54) is 16.2 Å². The summed E-state index contributed by atoms with van der Waals surface area (Å²) < 4.78 is 10.9. The molecule has 2 aromatic carbocycles. The van der Waals surface area contributed by atoms with Gasteiger partial charge in [-0.15, -0.1) is 22.7 Å². The number of aromatic nitrogens is 2. The molecule has 1 aliphatic rings. The number of thiazole rings is 2. The molecular formula is C42H56N8O6S2. The number of hydrogen-bond acceptors (Lipinski definition) is 11. The van der Waals surface area contributed by atoms with Crippen LogP contribution in [0.5, 0.6) is 0 Å². The third kappa shape index (κ3) is 15.5. The number of alkyl carbamates (subject to hydrolysis) is 1. The van der Waals surface area contributed by atoms with Crippen molar-refractivity contribution in [2.45, 2.75) is 83.1 Å². The second-order valence-electron chi connectivity index (χ2n) is 14.8. The van der Waals surface area contributed by atoms with Crippen LogP contribution in [0.1, 0.15) is 65.7 Å². The van der Waals surface area contributed by atoms with Crippen molar-refractivity contribution in [1.82, 2.24) is 41.0 Å². The van der Waals surface area contributed by atoms with Crippen molar-refractivity contribution in [3.63, 3.8) is 0 Å². The Morgan fingerprint density at radius 1 is 0.879 bits per heavy atom. The van der Waals surface area contributed by atoms with E-state index in [0.29, 0.717) is 52.0 Å². The zero-order chi connectivity index (χ0) is 41.1. The Morgan fingerprint density at radius 3 is 2.14 bits per heavy atom. The van der Waals surface area contributed by atoms with Crippen molar-refractivity contribution in [2.75, 3.05) is 46.4 Å². The number of carbonyl (C=O) groups is 4. The lowest BCUT2D eigenvalue weighted by atomic mass is 9.95. The average Bonchev–Trinajstić information content (AvgIpc) is 3.93. The SMILES string of the molecule is CC(C)c1nc(CN(C)C(=O)N[C@@H](CCNC(=O)CN2CCOCC2)C(=O)N[C@H](CC[C@H](Cc2ccccc2)NC(=O)OCc2cncs2)Cc2ccccc2)cs1. The lowest BCUT2D eigenvalue weighted by Crippen LogP contribution is -2.54. The maximum Gasteiger partial charge on any atom is 0.407 e. The van der Waals surface area contributed by atoms with Crippen LogP contribution in [0.4, 0.5) is 9.59 Å². The molecule has 2 aromatic heterocycles. The van der Waals surface area contributed by atoms with E-state index >= 15 is 0 Å². The molecule has 0 spiro atoms. The van der Waals surface area contributed by atoms with Crippen LogP contribution in [0.15, 0.2) is 77.8 Å². The van der Waals surface area contributed by atoms with Crippen molar-refractivity contribution in [3.05, 3.63) is 104 Å². The van der Waals surface area contributed by atoms with Crippen LogP contribution in [0.25, 0.3) is 0 Å². The van der Waals surface area contributed by atoms with Gasteiger partial charge in [-0.2, -0.15) is 0 Å². The zero-order valence-corrected chi connectivity index (χ0v) is 35.2. The maximum atomic E-state index is 14.3. The number of urea groups is 1. The number of nitrogens with one attached hydrogen (secondary N) is 4. The fourth-order valence-electron chi connectivity index (χ4n) is 6.49. The van der Waals surface area contributed by atoms with E-state index in [9.17, 15) is 19.2 Å². The molecule has 14 nitrogen and oxygen atoms in total. The molecular weight excluding hydrogens is 777 g/mol. The van der Waals surface area contributed by atoms with E-state index < -0.39 is 18.2 Å². The Bertz CT molecular complexity index is 1840. The van der Waals surface area contributed by atoms with Crippen molar-refractivity contribution in [3.8, 4) is 0 Å². The van der Waals surface area contributed by atoms with Gasteiger partial charge in [0.1, 0.15) is 12.6 Å². The first kappa shape index (κ1) is 44.2. The highest BCUT2D eigenvalue weighted by atomic mass is 32.1. The fraction of sp³-hybridized carbons (Fsp3) is 0.476. The van der Waals surface area contributed by atoms with E-state index in [-0.39, 0.29) is 62.5 Å². The molecule has 4 aromatic rings. The number of hydrogen-bond donors (Lipinski definition) is 4. The van der Waals surface area contributed by atoms with E-state index in [0.717, 1.165) is 26.7 Å². The fourth-order valence-corrected chi connectivity index (χ4v) is 7.82. The van der Waals surface area contributed by atoms with Gasteiger partial charge in [-0.05, 0) is 43.2 Å². The molecule has 58 heavy (non-hydrogen) atoms. The van der Waals surface area contributed by atoms with Crippen molar-refractivity contribution >= 4 is 46.6 Å². The van der Waals surface area contributed by atoms with Crippen LogP contribution in [0, 0.1) is 0 Å². The largest absolute Gasteiger partial charge is 0.444 e. The Morgan fingerprint density at radius 2 is 1.53 bits per heavy atom. The molecule has 16 heteroatoms. The Labute approximate surface area is 349 Å². The van der Waals surface area contributed by atoms with Gasteiger partial charge >= 0.3 is 12.1 Å². The molecule has 5 rings (SSSR count). The Balaban J connectivity index is 1.27. The molecule has 1 saturated heterocycles. The van der Waals surface area contributed by atoms with Crippen LogP contribution in [0.2, 0.25) is 0 Å². The van der Waals surface area contributed by atoms with Crippen LogP contribution in [-0.4, -0.2) is 108 Å². The summed E-state index contributed by atoms with van der Waals surface area (Å²) in [5, 5.41) is 15.1. The highest BCUT2D eigenvalue weighted by molar-refractivity contribution is 7.09. The first-order chi connectivity index (χ1) is 28.1. The average molecular weight is 833 g/mol. The lowest BCUT2D eigenvalue weighted by molar-refractivity contribution is -0.125. The van der Waals surface area contributed by atoms with E-state index in [1.807, 2.05) is 70.9 Å². The molecule has 0 radical (unpaired) electrons. The summed E-state index contributed by atoms with van der Waals surface area (Å²) in [4.78, 5) is 66.8. The van der Waals surface area contributed by atoms with Crippen LogP contribution in [-0.2, 0) is 45.1 Å². The number of rotatable bonds is 21. The standard InChI is InChI=1S/C42H56N8O6S2/c1-30(2)40-46-35(28-57-40)25-49(3)41(53)48-37(16-17-44-38(51)26-50-18-20-55-21-19-50)39(52)45-33(22-31-10-6-4-7-11-31)14-15-34(23-32-12-8-5-9-13-32)47-42(54)56-27-36-24-43-29-58-36/h4-13,24,28-30,33-34,37H,14-23,25-27H2,1-3H3,(H,44,51)(H,45,52)(H,47,54)(H,48,53)/t33-,34-,37+/m1/s1. The minimum Gasteiger partial charge on any atom is -0.444 e. The molecule has 1 aliphatic heterocycles. The predicted molar refractivity (Wildman–Crippen MR) is 226 cm³/mol. The topological polar surface area (TPSA) is 167 Å². The van der Waals surface area contributed by atoms with Crippen molar-refractivity contribution < 1.29 is 28.7 Å². The molecule has 3 atom stereocenters. The summed E-state index contributed by atoms with van der Waals surface area (Å²) in [6, 6.07) is 17.8. The summed E-state index contributed by atoms with van der Waals surface area (Å²) in [6.07, 6.45) is 3.47. The minimum absolute atomic E-state index is 0.125. The minimum atomic E-state index is -0.946. The molecule has 0 aliphatic carbocycles. The molecule has 1 fully saturated rings. The van der Waals surface area contributed by atoms with E-state index in [1.54, 1.807) is 30.1 Å². The van der Waals surface area contributed by atoms with Gasteiger partial charge in [0.15, 0.2) is 0 Å². The highest BCUT2D eigenvalue weighted by Crippen LogP contribution is 2.20. The number of benzene rings is 2. The first-order valence-electron chi connectivity index (χ1n) is 19.8. The second kappa shape index (κ2) is 23.5. The number of carbonyl (C=O) groups excluding carboxylic acids is 4. The highest BCUT2D eigenvalue weighted by Gasteiger charge is 2.27. The quantitative estimate of drug-likeness (QED) is 0.0892. The van der Waals surface area contributed by atoms with Crippen molar-refractivity contribution in [2.24, 2.45) is 0 Å². The van der Waals surface area contributed by atoms with Crippen LogP contribution in [0.3, 0.4) is 0 Å². The smallest absolute Gasteiger partial charge is 0.407 e. The van der Waals surface area contributed by atoms with E-state index in [2.05, 4.69) is 45.1 Å². The normalized spacial score (nSPS) is 14.6. The summed E-state index contributed by atoms with van der Waals surface area (Å²) >= 11 is 2.97. The number of morpholine rings is 1. The first-order valence-corrected chi connectivity index (χ1v) is 21.6. The summed E-state index contributed by atoms with van der Waals surface area (Å²) in [5.41, 5.74) is 4.55. The monoisotopic (exact) mass is 832 g/mol. The Kier molecular flexibility index (Phi) is 17.9. The van der Waals surface area contributed by atoms with Gasteiger partial charge in [-0.25, -0.2) is 14.6 Å². The third-order valence-electron chi connectivity index (χ3n) is 9.66. The van der Waals surface area contributed by atoms with Gasteiger partial charge in [0, 0.05) is 56.3 Å². The van der Waals surface area contributed by atoms with Gasteiger partial charge in [0.2, 0.25) is 11.8 Å².